The molecule has 0 unspecified atom stereocenters. The standard InChI is InChI=1S/C14H19N3O3S/c1-9-11(21-10(2)16-9)12(18)17-6-3-4-14(5-7-17)8-15-13(19)20-14/h3-8H2,1-2H3,(H,15,19)/t14-/m0/s1. The van der Waals surface area contributed by atoms with E-state index in [1.165, 1.54) is 11.3 Å². The highest BCUT2D eigenvalue weighted by Gasteiger charge is 2.42. The molecule has 114 valence electrons. The van der Waals surface area contributed by atoms with Gasteiger partial charge in [0.15, 0.2) is 0 Å². The van der Waals surface area contributed by atoms with Crippen molar-refractivity contribution in [3.63, 3.8) is 0 Å². The van der Waals surface area contributed by atoms with Crippen LogP contribution in [-0.4, -0.2) is 47.1 Å². The Labute approximate surface area is 127 Å². The lowest BCUT2D eigenvalue weighted by atomic mass is 9.95. The molecular formula is C14H19N3O3S. The molecule has 1 atom stereocenters. The summed E-state index contributed by atoms with van der Waals surface area (Å²) in [4.78, 5) is 30.8. The minimum atomic E-state index is -0.426. The molecular weight excluding hydrogens is 290 g/mol. The molecule has 0 aromatic carbocycles. The summed E-state index contributed by atoms with van der Waals surface area (Å²) in [6.45, 7) is 5.65. The number of nitrogens with zero attached hydrogens (tertiary/aromatic N) is 2. The largest absolute Gasteiger partial charge is 0.441 e. The zero-order valence-corrected chi connectivity index (χ0v) is 13.1. The van der Waals surface area contributed by atoms with Crippen LogP contribution in [0.2, 0.25) is 0 Å². The number of aryl methyl sites for hydroxylation is 2. The minimum absolute atomic E-state index is 0.0485. The Bertz CT molecular complexity index is 586. The summed E-state index contributed by atoms with van der Waals surface area (Å²) in [6.07, 6.45) is 1.99. The molecule has 0 radical (unpaired) electrons. The Hall–Kier alpha value is -1.63. The second kappa shape index (κ2) is 5.29. The van der Waals surface area contributed by atoms with Crippen molar-refractivity contribution in [3.05, 3.63) is 15.6 Å². The molecule has 2 amide bonds. The summed E-state index contributed by atoms with van der Waals surface area (Å²) < 4.78 is 5.43. The number of ether oxygens (including phenoxy) is 1. The van der Waals surface area contributed by atoms with E-state index in [0.717, 1.165) is 28.4 Å². The number of carbonyl (C=O) groups is 2. The van der Waals surface area contributed by atoms with Crippen LogP contribution < -0.4 is 5.32 Å². The molecule has 1 N–H and O–H groups in total. The molecule has 2 saturated heterocycles. The Morgan fingerprint density at radius 2 is 2.19 bits per heavy atom. The Morgan fingerprint density at radius 3 is 2.81 bits per heavy atom. The van der Waals surface area contributed by atoms with Gasteiger partial charge in [0.2, 0.25) is 0 Å². The maximum absolute atomic E-state index is 12.6. The number of amides is 2. The molecule has 0 bridgehead atoms. The highest BCUT2D eigenvalue weighted by molar-refractivity contribution is 7.13. The molecule has 1 spiro atoms. The lowest BCUT2D eigenvalue weighted by Gasteiger charge is -2.24. The second-order valence-electron chi connectivity index (χ2n) is 5.72. The van der Waals surface area contributed by atoms with Gasteiger partial charge in [0.25, 0.3) is 5.91 Å². The third-order valence-electron chi connectivity index (χ3n) is 4.15. The lowest BCUT2D eigenvalue weighted by Crippen LogP contribution is -2.36. The number of nitrogens with one attached hydrogen (secondary N) is 1. The van der Waals surface area contributed by atoms with E-state index in [1.807, 2.05) is 18.7 Å². The van der Waals surface area contributed by atoms with E-state index >= 15 is 0 Å². The third-order valence-corrected chi connectivity index (χ3v) is 5.21. The SMILES string of the molecule is Cc1nc(C)c(C(=O)N2CCC[C@]3(CC2)CNC(=O)O3)s1. The van der Waals surface area contributed by atoms with Crippen molar-refractivity contribution in [2.75, 3.05) is 19.6 Å². The predicted octanol–water partition coefficient (Wildman–Crippen LogP) is 1.86. The van der Waals surface area contributed by atoms with E-state index in [1.54, 1.807) is 0 Å². The third kappa shape index (κ3) is 2.74. The van der Waals surface area contributed by atoms with Crippen molar-refractivity contribution in [3.8, 4) is 0 Å². The summed E-state index contributed by atoms with van der Waals surface area (Å²) in [6, 6.07) is 0. The van der Waals surface area contributed by atoms with Crippen molar-refractivity contribution >= 4 is 23.3 Å². The van der Waals surface area contributed by atoms with Crippen LogP contribution in [0, 0.1) is 13.8 Å². The summed E-state index contributed by atoms with van der Waals surface area (Å²) in [5.41, 5.74) is 0.375. The fourth-order valence-corrected chi connectivity index (χ4v) is 3.91. The van der Waals surface area contributed by atoms with Crippen molar-refractivity contribution in [1.29, 1.82) is 0 Å². The molecule has 1 aromatic rings. The van der Waals surface area contributed by atoms with E-state index in [0.29, 0.717) is 26.1 Å². The molecule has 21 heavy (non-hydrogen) atoms. The van der Waals surface area contributed by atoms with Crippen LogP contribution in [0.15, 0.2) is 0 Å². The summed E-state index contributed by atoms with van der Waals surface area (Å²) in [5.74, 6) is 0.0485. The van der Waals surface area contributed by atoms with Crippen molar-refractivity contribution in [2.24, 2.45) is 0 Å². The van der Waals surface area contributed by atoms with Gasteiger partial charge in [-0.05, 0) is 26.7 Å². The first-order valence-corrected chi connectivity index (χ1v) is 8.01. The van der Waals surface area contributed by atoms with Crippen molar-refractivity contribution in [1.82, 2.24) is 15.2 Å². The molecule has 1 aromatic heterocycles. The van der Waals surface area contributed by atoms with Gasteiger partial charge < -0.3 is 15.0 Å². The van der Waals surface area contributed by atoms with Gasteiger partial charge in [-0.3, -0.25) is 4.79 Å². The number of hydrogen-bond donors (Lipinski definition) is 1. The fraction of sp³-hybridized carbons (Fsp3) is 0.643. The quantitative estimate of drug-likeness (QED) is 0.859. The number of hydrogen-bond acceptors (Lipinski definition) is 5. The van der Waals surface area contributed by atoms with Crippen LogP contribution in [0.1, 0.15) is 39.6 Å². The minimum Gasteiger partial charge on any atom is -0.441 e. The van der Waals surface area contributed by atoms with Gasteiger partial charge in [-0.25, -0.2) is 9.78 Å². The van der Waals surface area contributed by atoms with Crippen LogP contribution >= 0.6 is 11.3 Å². The predicted molar refractivity (Wildman–Crippen MR) is 78.6 cm³/mol. The average Bonchev–Trinajstić information content (AvgIpc) is 2.87. The zero-order valence-electron chi connectivity index (χ0n) is 12.3. The Balaban J connectivity index is 1.72. The monoisotopic (exact) mass is 309 g/mol. The van der Waals surface area contributed by atoms with Crippen LogP contribution in [0.4, 0.5) is 4.79 Å². The van der Waals surface area contributed by atoms with Crippen LogP contribution in [-0.2, 0) is 4.74 Å². The van der Waals surface area contributed by atoms with Gasteiger partial charge in [0.05, 0.1) is 17.2 Å². The van der Waals surface area contributed by atoms with Crippen molar-refractivity contribution in [2.45, 2.75) is 38.7 Å². The topological polar surface area (TPSA) is 71.5 Å². The van der Waals surface area contributed by atoms with E-state index in [4.69, 9.17) is 4.74 Å². The van der Waals surface area contributed by atoms with E-state index < -0.39 is 5.60 Å². The van der Waals surface area contributed by atoms with E-state index in [2.05, 4.69) is 10.3 Å². The van der Waals surface area contributed by atoms with Crippen LogP contribution in [0.3, 0.4) is 0 Å². The first-order chi connectivity index (χ1) is 9.99. The second-order valence-corrected chi connectivity index (χ2v) is 6.92. The number of aromatic nitrogens is 1. The van der Waals surface area contributed by atoms with Gasteiger partial charge in [0.1, 0.15) is 10.5 Å². The smallest absolute Gasteiger partial charge is 0.407 e. The number of carbonyl (C=O) groups excluding carboxylic acids is 2. The maximum Gasteiger partial charge on any atom is 0.407 e. The summed E-state index contributed by atoms with van der Waals surface area (Å²) in [7, 11) is 0. The number of thiazole rings is 1. The zero-order chi connectivity index (χ0) is 15.0. The maximum atomic E-state index is 12.6. The lowest BCUT2D eigenvalue weighted by molar-refractivity contribution is 0.0439. The number of rotatable bonds is 1. The Morgan fingerprint density at radius 1 is 1.38 bits per heavy atom. The van der Waals surface area contributed by atoms with Gasteiger partial charge in [-0.2, -0.15) is 0 Å². The molecule has 7 heteroatoms. The average molecular weight is 309 g/mol. The van der Waals surface area contributed by atoms with E-state index in [-0.39, 0.29) is 12.0 Å². The molecule has 2 fully saturated rings. The highest BCUT2D eigenvalue weighted by atomic mass is 32.1. The first-order valence-electron chi connectivity index (χ1n) is 7.19. The normalized spacial score (nSPS) is 25.6. The van der Waals surface area contributed by atoms with Crippen LogP contribution in [0.5, 0.6) is 0 Å². The van der Waals surface area contributed by atoms with Gasteiger partial charge in [0, 0.05) is 19.5 Å². The molecule has 0 aliphatic carbocycles. The fourth-order valence-electron chi connectivity index (χ4n) is 3.02. The highest BCUT2D eigenvalue weighted by Crippen LogP contribution is 2.30. The molecule has 3 heterocycles. The first kappa shape index (κ1) is 14.3. The molecule has 2 aliphatic heterocycles. The molecule has 2 aliphatic rings. The molecule has 3 rings (SSSR count). The van der Waals surface area contributed by atoms with Gasteiger partial charge >= 0.3 is 6.09 Å². The van der Waals surface area contributed by atoms with Gasteiger partial charge in [-0.15, -0.1) is 11.3 Å². The summed E-state index contributed by atoms with van der Waals surface area (Å²) >= 11 is 1.45. The van der Waals surface area contributed by atoms with Crippen LogP contribution in [0.25, 0.3) is 0 Å². The van der Waals surface area contributed by atoms with E-state index in [9.17, 15) is 9.59 Å². The van der Waals surface area contributed by atoms with Gasteiger partial charge in [-0.1, -0.05) is 0 Å². The Kier molecular flexibility index (Phi) is 3.61. The number of likely N-dealkylation sites (tertiary alicyclic amines) is 1. The summed E-state index contributed by atoms with van der Waals surface area (Å²) in [5, 5.41) is 3.64. The number of alkyl carbamates (subject to hydrolysis) is 1. The molecule has 6 nitrogen and oxygen atoms in total. The molecule has 0 saturated carbocycles. The van der Waals surface area contributed by atoms with Crippen molar-refractivity contribution < 1.29 is 14.3 Å².